The van der Waals surface area contributed by atoms with Gasteiger partial charge in [-0.3, -0.25) is 0 Å². The number of halogens is 1. The zero-order valence-electron chi connectivity index (χ0n) is 15.5. The highest BCUT2D eigenvalue weighted by molar-refractivity contribution is 6.35. The van der Waals surface area contributed by atoms with E-state index in [4.69, 9.17) is 11.6 Å². The summed E-state index contributed by atoms with van der Waals surface area (Å²) >= 11 is 6.36. The molecule has 2 atom stereocenters. The van der Waals surface area contributed by atoms with E-state index in [1.54, 1.807) is 0 Å². The van der Waals surface area contributed by atoms with Crippen LogP contribution in [0.5, 0.6) is 0 Å². The van der Waals surface area contributed by atoms with E-state index in [0.717, 1.165) is 28.3 Å². The first kappa shape index (κ1) is 17.9. The van der Waals surface area contributed by atoms with E-state index in [1.807, 2.05) is 6.07 Å². The molecule has 1 aliphatic rings. The Labute approximate surface area is 152 Å². The lowest BCUT2D eigenvalue weighted by Gasteiger charge is -2.24. The van der Waals surface area contributed by atoms with Crippen molar-refractivity contribution in [3.8, 4) is 0 Å². The van der Waals surface area contributed by atoms with Gasteiger partial charge < -0.3 is 4.98 Å². The lowest BCUT2D eigenvalue weighted by Crippen LogP contribution is -2.14. The van der Waals surface area contributed by atoms with Gasteiger partial charge in [0, 0.05) is 11.1 Å². The fourth-order valence-corrected chi connectivity index (χ4v) is 4.48. The second-order valence-corrected chi connectivity index (χ2v) is 8.77. The molecule has 0 saturated carbocycles. The van der Waals surface area contributed by atoms with E-state index in [9.17, 15) is 0 Å². The summed E-state index contributed by atoms with van der Waals surface area (Å²) < 4.78 is 0. The highest BCUT2D eigenvalue weighted by atomic mass is 35.5. The van der Waals surface area contributed by atoms with Crippen molar-refractivity contribution in [3.05, 3.63) is 34.5 Å². The van der Waals surface area contributed by atoms with Crippen molar-refractivity contribution >= 4 is 22.5 Å². The van der Waals surface area contributed by atoms with Gasteiger partial charge in [-0.25, -0.2) is 0 Å². The van der Waals surface area contributed by atoms with Crippen LogP contribution < -0.4 is 0 Å². The fourth-order valence-electron chi connectivity index (χ4n) is 4.26. The number of aromatic nitrogens is 1. The first-order valence-corrected chi connectivity index (χ1v) is 10.2. The molecule has 0 bridgehead atoms. The van der Waals surface area contributed by atoms with Crippen molar-refractivity contribution < 1.29 is 0 Å². The predicted molar refractivity (Wildman–Crippen MR) is 106 cm³/mol. The first-order valence-electron chi connectivity index (χ1n) is 9.82. The number of aryl methyl sites for hydroxylation is 1. The van der Waals surface area contributed by atoms with Gasteiger partial charge in [0.15, 0.2) is 0 Å². The topological polar surface area (TPSA) is 15.8 Å². The highest BCUT2D eigenvalue weighted by Crippen LogP contribution is 2.36. The molecule has 2 heteroatoms. The molecule has 1 nitrogen and oxygen atoms in total. The number of benzene rings is 1. The zero-order valence-corrected chi connectivity index (χ0v) is 16.3. The Balaban J connectivity index is 1.55. The summed E-state index contributed by atoms with van der Waals surface area (Å²) in [6.07, 6.45) is 10.7. The van der Waals surface area contributed by atoms with Crippen LogP contribution in [0.4, 0.5) is 0 Å². The van der Waals surface area contributed by atoms with Crippen LogP contribution in [0.1, 0.15) is 70.6 Å². The van der Waals surface area contributed by atoms with Gasteiger partial charge in [0.2, 0.25) is 0 Å². The third-order valence-electron chi connectivity index (χ3n) is 5.82. The van der Waals surface area contributed by atoms with E-state index in [0.29, 0.717) is 0 Å². The first-order chi connectivity index (χ1) is 11.5. The molecule has 1 heterocycles. The van der Waals surface area contributed by atoms with Gasteiger partial charge in [-0.15, -0.1) is 0 Å². The number of H-pyrrole nitrogens is 1. The second-order valence-electron chi connectivity index (χ2n) is 8.36. The van der Waals surface area contributed by atoms with Gasteiger partial charge in [-0.1, -0.05) is 70.2 Å². The molecule has 2 aromatic rings. The van der Waals surface area contributed by atoms with Gasteiger partial charge in [0.05, 0.1) is 10.5 Å². The Morgan fingerprint density at radius 1 is 1.17 bits per heavy atom. The average molecular weight is 346 g/mol. The van der Waals surface area contributed by atoms with Gasteiger partial charge in [0.25, 0.3) is 0 Å². The van der Waals surface area contributed by atoms with Crippen LogP contribution >= 0.6 is 11.6 Å². The summed E-state index contributed by atoms with van der Waals surface area (Å²) in [6, 6.07) is 6.30. The number of nitrogens with one attached hydrogen (secondary N) is 1. The third kappa shape index (κ3) is 4.17. The molecular formula is C22H32ClN. The monoisotopic (exact) mass is 345 g/mol. The lowest BCUT2D eigenvalue weighted by atomic mass is 9.82. The summed E-state index contributed by atoms with van der Waals surface area (Å²) in [5.74, 6) is 2.58. The van der Waals surface area contributed by atoms with Crippen LogP contribution in [0, 0.1) is 17.8 Å². The molecule has 0 amide bonds. The molecule has 0 saturated heterocycles. The molecule has 24 heavy (non-hydrogen) atoms. The standard InChI is InChI=1S/C22H32ClN/c1-15(2)6-4-7-16(3)10-11-17-12-13-21-19(14-17)18-8-5-9-20(23)22(18)24-21/h5,8-9,15-17,24H,4,6-7,10-14H2,1-3H3. The van der Waals surface area contributed by atoms with Gasteiger partial charge in [-0.05, 0) is 55.1 Å². The number of fused-ring (bicyclic) bond motifs is 3. The molecule has 0 spiro atoms. The molecule has 1 aromatic carbocycles. The smallest absolute Gasteiger partial charge is 0.0648 e. The summed E-state index contributed by atoms with van der Waals surface area (Å²) in [5, 5.41) is 2.21. The van der Waals surface area contributed by atoms with Crippen LogP contribution in [0.25, 0.3) is 10.9 Å². The van der Waals surface area contributed by atoms with Crippen molar-refractivity contribution in [1.29, 1.82) is 0 Å². The molecule has 0 fully saturated rings. The SMILES string of the molecule is CC(C)CCCC(C)CCC1CCc2[nH]c3c(Cl)cccc3c2C1. The summed E-state index contributed by atoms with van der Waals surface area (Å²) in [5.41, 5.74) is 4.11. The Hall–Kier alpha value is -0.950. The maximum atomic E-state index is 6.36. The normalized spacial score (nSPS) is 19.0. The number of aromatic amines is 1. The number of rotatable bonds is 7. The highest BCUT2D eigenvalue weighted by Gasteiger charge is 2.23. The largest absolute Gasteiger partial charge is 0.357 e. The van der Waals surface area contributed by atoms with E-state index in [-0.39, 0.29) is 0 Å². The second kappa shape index (κ2) is 7.95. The van der Waals surface area contributed by atoms with Gasteiger partial charge in [-0.2, -0.15) is 0 Å². The summed E-state index contributed by atoms with van der Waals surface area (Å²) in [7, 11) is 0. The van der Waals surface area contributed by atoms with Crippen LogP contribution in [0.3, 0.4) is 0 Å². The van der Waals surface area contributed by atoms with Crippen molar-refractivity contribution in [1.82, 2.24) is 4.98 Å². The molecule has 1 N–H and O–H groups in total. The quantitative estimate of drug-likeness (QED) is 0.547. The van der Waals surface area contributed by atoms with E-state index < -0.39 is 0 Å². The third-order valence-corrected chi connectivity index (χ3v) is 6.14. The number of hydrogen-bond acceptors (Lipinski definition) is 0. The van der Waals surface area contributed by atoms with Crippen LogP contribution in [-0.4, -0.2) is 4.98 Å². The molecular weight excluding hydrogens is 314 g/mol. The fraction of sp³-hybridized carbons (Fsp3) is 0.636. The summed E-state index contributed by atoms with van der Waals surface area (Å²) in [6.45, 7) is 7.11. The van der Waals surface area contributed by atoms with Crippen molar-refractivity contribution in [2.75, 3.05) is 0 Å². The number of hydrogen-bond donors (Lipinski definition) is 1. The lowest BCUT2D eigenvalue weighted by molar-refractivity contribution is 0.354. The molecule has 1 aromatic heterocycles. The number of para-hydroxylation sites is 1. The maximum absolute atomic E-state index is 6.36. The van der Waals surface area contributed by atoms with Crippen LogP contribution in [0.15, 0.2) is 18.2 Å². The Bertz CT molecular complexity index is 670. The van der Waals surface area contributed by atoms with Crippen LogP contribution in [-0.2, 0) is 12.8 Å². The summed E-state index contributed by atoms with van der Waals surface area (Å²) in [4.78, 5) is 3.58. The average Bonchev–Trinajstić information content (AvgIpc) is 2.92. The minimum Gasteiger partial charge on any atom is -0.357 e. The molecule has 1 aliphatic carbocycles. The zero-order chi connectivity index (χ0) is 17.1. The predicted octanol–water partition coefficient (Wildman–Crippen LogP) is 7.17. The van der Waals surface area contributed by atoms with Crippen molar-refractivity contribution in [2.45, 2.75) is 72.1 Å². The van der Waals surface area contributed by atoms with Gasteiger partial charge >= 0.3 is 0 Å². The molecule has 0 radical (unpaired) electrons. The van der Waals surface area contributed by atoms with Crippen molar-refractivity contribution in [3.63, 3.8) is 0 Å². The Morgan fingerprint density at radius 3 is 2.79 bits per heavy atom. The Morgan fingerprint density at radius 2 is 2.00 bits per heavy atom. The minimum atomic E-state index is 0.850. The van der Waals surface area contributed by atoms with E-state index >= 15 is 0 Å². The molecule has 2 unspecified atom stereocenters. The maximum Gasteiger partial charge on any atom is 0.0648 e. The van der Waals surface area contributed by atoms with E-state index in [1.165, 1.54) is 68.0 Å². The van der Waals surface area contributed by atoms with E-state index in [2.05, 4.69) is 37.9 Å². The molecule has 3 rings (SSSR count). The van der Waals surface area contributed by atoms with Crippen LogP contribution in [0.2, 0.25) is 5.02 Å². The minimum absolute atomic E-state index is 0.850. The van der Waals surface area contributed by atoms with Crippen molar-refractivity contribution in [2.24, 2.45) is 17.8 Å². The molecule has 132 valence electrons. The Kier molecular flexibility index (Phi) is 5.92. The van der Waals surface area contributed by atoms with Gasteiger partial charge in [0.1, 0.15) is 0 Å². The molecule has 0 aliphatic heterocycles.